The Morgan fingerprint density at radius 3 is 1.97 bits per heavy atom. The number of nitrogens with zero attached hydrogens (tertiary/aromatic N) is 1. The second-order valence-electron chi connectivity index (χ2n) is 7.35. The van der Waals surface area contributed by atoms with Crippen LogP contribution in [0.2, 0.25) is 0 Å². The molecule has 3 aromatic carbocycles. The van der Waals surface area contributed by atoms with E-state index in [1.165, 1.54) is 0 Å². The molecule has 1 N–H and O–H groups in total. The molecule has 0 unspecified atom stereocenters. The van der Waals surface area contributed by atoms with Crippen LogP contribution in [-0.2, 0) is 9.53 Å². The van der Waals surface area contributed by atoms with Crippen molar-refractivity contribution < 1.29 is 19.4 Å². The molecule has 0 saturated carbocycles. The highest BCUT2D eigenvalue weighted by Gasteiger charge is 2.31. The molecule has 1 fully saturated rings. The Hall–Kier alpha value is -3.60. The summed E-state index contributed by atoms with van der Waals surface area (Å²) in [6, 6.07) is 23.0. The van der Waals surface area contributed by atoms with E-state index in [4.69, 9.17) is 4.74 Å². The fourth-order valence-corrected chi connectivity index (χ4v) is 3.62. The fourth-order valence-electron chi connectivity index (χ4n) is 3.62. The number of phenols is 1. The fraction of sp³-hybridized carbons (Fsp3) is 0.200. The maximum Gasteiger partial charge on any atom is 0.339 e. The molecule has 5 nitrogen and oxygen atoms in total. The maximum absolute atomic E-state index is 13.0. The molecule has 5 heteroatoms. The Balaban J connectivity index is 1.53. The van der Waals surface area contributed by atoms with Gasteiger partial charge >= 0.3 is 5.97 Å². The van der Waals surface area contributed by atoms with Crippen molar-refractivity contribution in [2.75, 3.05) is 13.1 Å². The van der Waals surface area contributed by atoms with Crippen molar-refractivity contribution in [1.29, 1.82) is 0 Å². The number of hydrogen-bond acceptors (Lipinski definition) is 4. The SMILES string of the molecule is O=C(O[C@H](C(=O)N1CCCC1)c1ccccc1)c1ccc(-c2ccc(O)cc2)cc1. The predicted octanol–water partition coefficient (Wildman–Crippen LogP) is 4.58. The van der Waals surface area contributed by atoms with Crippen molar-refractivity contribution in [2.45, 2.75) is 18.9 Å². The zero-order chi connectivity index (χ0) is 20.9. The highest BCUT2D eigenvalue weighted by molar-refractivity contribution is 5.93. The third kappa shape index (κ3) is 4.35. The highest BCUT2D eigenvalue weighted by atomic mass is 16.5. The first-order valence-corrected chi connectivity index (χ1v) is 10.1. The van der Waals surface area contributed by atoms with E-state index in [2.05, 4.69) is 0 Å². The van der Waals surface area contributed by atoms with E-state index in [1.54, 1.807) is 41.3 Å². The molecule has 1 atom stereocenters. The van der Waals surface area contributed by atoms with Crippen LogP contribution in [-0.4, -0.2) is 35.0 Å². The Labute approximate surface area is 175 Å². The topological polar surface area (TPSA) is 66.8 Å². The van der Waals surface area contributed by atoms with Gasteiger partial charge in [0.15, 0.2) is 0 Å². The van der Waals surface area contributed by atoms with Gasteiger partial charge < -0.3 is 14.7 Å². The zero-order valence-corrected chi connectivity index (χ0v) is 16.5. The van der Waals surface area contributed by atoms with Crippen LogP contribution in [0.3, 0.4) is 0 Å². The van der Waals surface area contributed by atoms with Crippen LogP contribution >= 0.6 is 0 Å². The highest BCUT2D eigenvalue weighted by Crippen LogP contribution is 2.26. The molecule has 0 spiro atoms. The molecule has 1 saturated heterocycles. The van der Waals surface area contributed by atoms with Gasteiger partial charge in [0, 0.05) is 18.7 Å². The van der Waals surface area contributed by atoms with Crippen LogP contribution in [0.15, 0.2) is 78.9 Å². The molecular formula is C25H23NO4. The van der Waals surface area contributed by atoms with Crippen LogP contribution in [0.4, 0.5) is 0 Å². The second-order valence-corrected chi connectivity index (χ2v) is 7.35. The lowest BCUT2D eigenvalue weighted by Crippen LogP contribution is -2.34. The standard InChI is InChI=1S/C25H23NO4/c27-22-14-12-19(13-15-22)18-8-10-21(11-9-18)25(29)30-23(20-6-2-1-3-7-20)24(28)26-16-4-5-17-26/h1-3,6-15,23,27H,4-5,16-17H2/t23-/m0/s1. The summed E-state index contributed by atoms with van der Waals surface area (Å²) in [5.41, 5.74) is 2.90. The van der Waals surface area contributed by atoms with Gasteiger partial charge in [0.25, 0.3) is 5.91 Å². The average Bonchev–Trinajstić information content (AvgIpc) is 3.33. The smallest absolute Gasteiger partial charge is 0.339 e. The number of carbonyl (C=O) groups excluding carboxylic acids is 2. The molecule has 0 aromatic heterocycles. The Bertz CT molecular complexity index is 1010. The summed E-state index contributed by atoms with van der Waals surface area (Å²) in [6.07, 6.45) is 0.994. The third-order valence-electron chi connectivity index (χ3n) is 5.29. The predicted molar refractivity (Wildman–Crippen MR) is 114 cm³/mol. The van der Waals surface area contributed by atoms with E-state index in [-0.39, 0.29) is 11.7 Å². The Kier molecular flexibility index (Phi) is 5.80. The minimum atomic E-state index is -0.950. The normalized spacial score (nSPS) is 14.3. The molecule has 30 heavy (non-hydrogen) atoms. The summed E-state index contributed by atoms with van der Waals surface area (Å²) in [5, 5.41) is 9.43. The lowest BCUT2D eigenvalue weighted by Gasteiger charge is -2.23. The number of benzene rings is 3. The summed E-state index contributed by atoms with van der Waals surface area (Å²) in [7, 11) is 0. The number of ether oxygens (including phenoxy) is 1. The molecule has 1 heterocycles. The molecule has 0 bridgehead atoms. The van der Waals surface area contributed by atoms with Crippen LogP contribution in [0, 0.1) is 0 Å². The molecular weight excluding hydrogens is 378 g/mol. The van der Waals surface area contributed by atoms with Crippen molar-refractivity contribution in [2.24, 2.45) is 0 Å². The molecule has 4 rings (SSSR count). The van der Waals surface area contributed by atoms with Gasteiger partial charge in [-0.15, -0.1) is 0 Å². The number of phenolic OH excluding ortho intramolecular Hbond substituents is 1. The lowest BCUT2D eigenvalue weighted by molar-refractivity contribution is -0.140. The van der Waals surface area contributed by atoms with Gasteiger partial charge in [-0.25, -0.2) is 4.79 Å². The van der Waals surface area contributed by atoms with E-state index >= 15 is 0 Å². The first-order chi connectivity index (χ1) is 14.6. The number of hydrogen-bond donors (Lipinski definition) is 1. The minimum absolute atomic E-state index is 0.173. The van der Waals surface area contributed by atoms with E-state index in [0.29, 0.717) is 24.2 Å². The largest absolute Gasteiger partial charge is 0.508 e. The van der Waals surface area contributed by atoms with Crippen molar-refractivity contribution in [3.05, 3.63) is 90.0 Å². The second kappa shape index (κ2) is 8.82. The molecule has 0 aliphatic carbocycles. The Morgan fingerprint density at radius 2 is 1.37 bits per heavy atom. The van der Waals surface area contributed by atoms with Gasteiger partial charge in [0.05, 0.1) is 5.56 Å². The number of esters is 1. The van der Waals surface area contributed by atoms with E-state index in [9.17, 15) is 14.7 Å². The summed E-state index contributed by atoms with van der Waals surface area (Å²) in [4.78, 5) is 27.6. The van der Waals surface area contributed by atoms with Crippen molar-refractivity contribution >= 4 is 11.9 Å². The lowest BCUT2D eigenvalue weighted by atomic mass is 10.0. The monoisotopic (exact) mass is 401 g/mol. The number of rotatable bonds is 5. The number of carbonyl (C=O) groups is 2. The van der Waals surface area contributed by atoms with Gasteiger partial charge in [-0.05, 0) is 48.2 Å². The molecule has 1 amide bonds. The van der Waals surface area contributed by atoms with E-state index in [0.717, 1.165) is 24.0 Å². The average molecular weight is 401 g/mol. The van der Waals surface area contributed by atoms with Crippen molar-refractivity contribution in [3.8, 4) is 16.9 Å². The maximum atomic E-state index is 13.0. The molecule has 152 valence electrons. The third-order valence-corrected chi connectivity index (χ3v) is 5.29. The van der Waals surface area contributed by atoms with E-state index in [1.807, 2.05) is 42.5 Å². The van der Waals surface area contributed by atoms with E-state index < -0.39 is 12.1 Å². The summed E-state index contributed by atoms with van der Waals surface area (Å²) >= 11 is 0. The summed E-state index contributed by atoms with van der Waals surface area (Å²) < 4.78 is 5.69. The number of amides is 1. The van der Waals surface area contributed by atoms with Crippen LogP contribution in [0.25, 0.3) is 11.1 Å². The van der Waals surface area contributed by atoms with Gasteiger partial charge in [0.2, 0.25) is 6.10 Å². The summed E-state index contributed by atoms with van der Waals surface area (Å²) in [5.74, 6) is -0.505. The van der Waals surface area contributed by atoms with Crippen molar-refractivity contribution in [1.82, 2.24) is 4.90 Å². The minimum Gasteiger partial charge on any atom is -0.508 e. The first kappa shape index (κ1) is 19.7. The van der Waals surface area contributed by atoms with Crippen LogP contribution < -0.4 is 0 Å². The van der Waals surface area contributed by atoms with Crippen molar-refractivity contribution in [3.63, 3.8) is 0 Å². The van der Waals surface area contributed by atoms with Gasteiger partial charge in [-0.2, -0.15) is 0 Å². The van der Waals surface area contributed by atoms with Gasteiger partial charge in [0.1, 0.15) is 5.75 Å². The van der Waals surface area contributed by atoms with Gasteiger partial charge in [-0.1, -0.05) is 54.6 Å². The van der Waals surface area contributed by atoms with Crippen LogP contribution in [0.5, 0.6) is 5.75 Å². The quantitative estimate of drug-likeness (QED) is 0.636. The number of likely N-dealkylation sites (tertiary alicyclic amines) is 1. The molecule has 1 aliphatic rings. The zero-order valence-electron chi connectivity index (χ0n) is 16.5. The van der Waals surface area contributed by atoms with Gasteiger partial charge in [-0.3, -0.25) is 4.79 Å². The molecule has 1 aliphatic heterocycles. The molecule has 3 aromatic rings. The number of aromatic hydroxyl groups is 1. The van der Waals surface area contributed by atoms with Crippen LogP contribution in [0.1, 0.15) is 34.9 Å². The molecule has 0 radical (unpaired) electrons. The Morgan fingerprint density at radius 1 is 0.800 bits per heavy atom. The summed E-state index contributed by atoms with van der Waals surface area (Å²) in [6.45, 7) is 1.39. The first-order valence-electron chi connectivity index (χ1n) is 10.1.